The average Bonchev–Trinajstić information content (AvgIpc) is 2.84. The molecule has 21 heavy (non-hydrogen) atoms. The van der Waals surface area contributed by atoms with Gasteiger partial charge in [0.2, 0.25) is 5.82 Å². The summed E-state index contributed by atoms with van der Waals surface area (Å²) in [6.07, 6.45) is 1.55. The van der Waals surface area contributed by atoms with Gasteiger partial charge in [0.15, 0.2) is 0 Å². The first-order chi connectivity index (χ1) is 9.90. The van der Waals surface area contributed by atoms with Crippen LogP contribution in [-0.2, 0) is 14.1 Å². The number of hydrogen-bond donors (Lipinski definition) is 0. The molecular formula is C14H15N5O2. The first-order valence-electron chi connectivity index (χ1n) is 6.49. The average molecular weight is 285 g/mol. The van der Waals surface area contributed by atoms with E-state index in [2.05, 4.69) is 10.1 Å². The molecule has 0 aliphatic heterocycles. The SMILES string of the molecule is Cc1cc2ncn(-c3nn(C)c(=O)n(C)c3=O)c2cc1C. The molecular weight excluding hydrogens is 270 g/mol. The van der Waals surface area contributed by atoms with E-state index >= 15 is 0 Å². The topological polar surface area (TPSA) is 74.7 Å². The highest BCUT2D eigenvalue weighted by Crippen LogP contribution is 2.19. The fourth-order valence-electron chi connectivity index (χ4n) is 2.27. The van der Waals surface area contributed by atoms with E-state index in [0.29, 0.717) is 0 Å². The van der Waals surface area contributed by atoms with E-state index in [4.69, 9.17) is 0 Å². The van der Waals surface area contributed by atoms with Crippen molar-refractivity contribution in [3.63, 3.8) is 0 Å². The van der Waals surface area contributed by atoms with Crippen LogP contribution < -0.4 is 11.2 Å². The summed E-state index contributed by atoms with van der Waals surface area (Å²) in [6, 6.07) is 3.93. The number of aromatic nitrogens is 5. The minimum absolute atomic E-state index is 0.158. The molecule has 3 aromatic rings. The van der Waals surface area contributed by atoms with Crippen LogP contribution in [0.15, 0.2) is 28.0 Å². The fourth-order valence-corrected chi connectivity index (χ4v) is 2.27. The number of aryl methyl sites for hydroxylation is 3. The Hall–Kier alpha value is -2.70. The maximum absolute atomic E-state index is 12.3. The van der Waals surface area contributed by atoms with E-state index < -0.39 is 11.2 Å². The minimum atomic E-state index is -0.458. The number of imidazole rings is 1. The molecule has 108 valence electrons. The summed E-state index contributed by atoms with van der Waals surface area (Å²) in [5, 5.41) is 4.07. The van der Waals surface area contributed by atoms with E-state index in [-0.39, 0.29) is 5.82 Å². The number of hydrogen-bond acceptors (Lipinski definition) is 4. The first-order valence-corrected chi connectivity index (χ1v) is 6.49. The Morgan fingerprint density at radius 1 is 1.05 bits per heavy atom. The van der Waals surface area contributed by atoms with E-state index in [9.17, 15) is 9.59 Å². The summed E-state index contributed by atoms with van der Waals surface area (Å²) in [7, 11) is 2.95. The predicted molar refractivity (Wildman–Crippen MR) is 78.8 cm³/mol. The van der Waals surface area contributed by atoms with Gasteiger partial charge >= 0.3 is 5.69 Å². The van der Waals surface area contributed by atoms with Crippen molar-refractivity contribution in [1.29, 1.82) is 0 Å². The van der Waals surface area contributed by atoms with Crippen LogP contribution in [0.2, 0.25) is 0 Å². The summed E-state index contributed by atoms with van der Waals surface area (Å²) < 4.78 is 3.79. The van der Waals surface area contributed by atoms with Gasteiger partial charge in [-0.2, -0.15) is 0 Å². The summed E-state index contributed by atoms with van der Waals surface area (Å²) >= 11 is 0. The van der Waals surface area contributed by atoms with Crippen molar-refractivity contribution < 1.29 is 0 Å². The molecule has 0 spiro atoms. The Morgan fingerprint density at radius 2 is 1.71 bits per heavy atom. The Labute approximate surface area is 120 Å². The minimum Gasteiger partial charge on any atom is -0.277 e. The lowest BCUT2D eigenvalue weighted by molar-refractivity contribution is 0.589. The third kappa shape index (κ3) is 1.89. The fraction of sp³-hybridized carbons (Fsp3) is 0.286. The van der Waals surface area contributed by atoms with Crippen molar-refractivity contribution in [2.45, 2.75) is 13.8 Å². The molecule has 0 aliphatic carbocycles. The van der Waals surface area contributed by atoms with Crippen LogP contribution in [0.25, 0.3) is 16.9 Å². The molecule has 1 aromatic carbocycles. The number of rotatable bonds is 1. The van der Waals surface area contributed by atoms with Crippen LogP contribution in [0.1, 0.15) is 11.1 Å². The highest BCUT2D eigenvalue weighted by molar-refractivity contribution is 5.78. The molecule has 0 bridgehead atoms. The smallest absolute Gasteiger partial charge is 0.277 e. The highest BCUT2D eigenvalue weighted by Gasteiger charge is 2.14. The summed E-state index contributed by atoms with van der Waals surface area (Å²) in [4.78, 5) is 28.3. The van der Waals surface area contributed by atoms with Crippen molar-refractivity contribution in [3.8, 4) is 5.82 Å². The van der Waals surface area contributed by atoms with Gasteiger partial charge in [-0.15, -0.1) is 5.10 Å². The monoisotopic (exact) mass is 285 g/mol. The summed E-state index contributed by atoms with van der Waals surface area (Å²) in [5.74, 6) is 0.158. The van der Waals surface area contributed by atoms with Gasteiger partial charge < -0.3 is 0 Å². The Balaban J connectivity index is 2.39. The second-order valence-electron chi connectivity index (χ2n) is 5.13. The van der Waals surface area contributed by atoms with E-state index in [0.717, 1.165) is 31.4 Å². The van der Waals surface area contributed by atoms with Crippen molar-refractivity contribution in [1.82, 2.24) is 23.9 Å². The molecule has 2 heterocycles. The molecule has 0 saturated carbocycles. The van der Waals surface area contributed by atoms with Crippen LogP contribution in [0.4, 0.5) is 0 Å². The van der Waals surface area contributed by atoms with Crippen molar-refractivity contribution in [3.05, 3.63) is 50.4 Å². The maximum atomic E-state index is 12.3. The predicted octanol–water partition coefficient (Wildman–Crippen LogP) is 0.435. The molecule has 0 atom stereocenters. The summed E-state index contributed by atoms with van der Waals surface area (Å²) in [6.45, 7) is 4.01. The first kappa shape index (κ1) is 13.3. The van der Waals surface area contributed by atoms with Gasteiger partial charge in [-0.25, -0.2) is 14.5 Å². The Morgan fingerprint density at radius 3 is 2.43 bits per heavy atom. The molecule has 0 amide bonds. The maximum Gasteiger partial charge on any atom is 0.346 e. The van der Waals surface area contributed by atoms with Gasteiger partial charge in [-0.05, 0) is 37.1 Å². The third-order valence-electron chi connectivity index (χ3n) is 3.70. The van der Waals surface area contributed by atoms with Gasteiger partial charge in [-0.3, -0.25) is 13.9 Å². The van der Waals surface area contributed by atoms with Crippen molar-refractivity contribution in [2.75, 3.05) is 0 Å². The van der Waals surface area contributed by atoms with Gasteiger partial charge in [0.05, 0.1) is 11.0 Å². The van der Waals surface area contributed by atoms with Crippen LogP contribution in [0.3, 0.4) is 0 Å². The Kier molecular flexibility index (Phi) is 2.79. The molecule has 0 aliphatic rings. The van der Waals surface area contributed by atoms with Gasteiger partial charge in [0.25, 0.3) is 5.56 Å². The molecule has 7 nitrogen and oxygen atoms in total. The van der Waals surface area contributed by atoms with E-state index in [1.807, 2.05) is 26.0 Å². The lowest BCUT2D eigenvalue weighted by Gasteiger charge is -2.07. The second kappa shape index (κ2) is 4.41. The molecule has 0 unspecified atom stereocenters. The van der Waals surface area contributed by atoms with Crippen molar-refractivity contribution >= 4 is 11.0 Å². The van der Waals surface area contributed by atoms with Crippen LogP contribution in [0.5, 0.6) is 0 Å². The largest absolute Gasteiger partial charge is 0.346 e. The normalized spacial score (nSPS) is 11.2. The molecule has 0 radical (unpaired) electrons. The van der Waals surface area contributed by atoms with Gasteiger partial charge in [0.1, 0.15) is 6.33 Å². The molecule has 2 aromatic heterocycles. The van der Waals surface area contributed by atoms with E-state index in [1.54, 1.807) is 10.9 Å². The number of fused-ring (bicyclic) bond motifs is 1. The van der Waals surface area contributed by atoms with Crippen LogP contribution in [-0.4, -0.2) is 23.9 Å². The zero-order valence-electron chi connectivity index (χ0n) is 12.3. The van der Waals surface area contributed by atoms with E-state index in [1.165, 1.54) is 14.1 Å². The second-order valence-corrected chi connectivity index (χ2v) is 5.13. The zero-order valence-corrected chi connectivity index (χ0v) is 12.3. The molecule has 0 saturated heterocycles. The number of benzene rings is 1. The van der Waals surface area contributed by atoms with Crippen LogP contribution >= 0.6 is 0 Å². The molecule has 0 N–H and O–H groups in total. The lowest BCUT2D eigenvalue weighted by Crippen LogP contribution is -2.40. The highest BCUT2D eigenvalue weighted by atomic mass is 16.2. The van der Waals surface area contributed by atoms with Crippen LogP contribution in [0, 0.1) is 13.8 Å². The quantitative estimate of drug-likeness (QED) is 0.650. The summed E-state index contributed by atoms with van der Waals surface area (Å²) in [5.41, 5.74) is 2.91. The van der Waals surface area contributed by atoms with Gasteiger partial charge in [0, 0.05) is 14.1 Å². The lowest BCUT2D eigenvalue weighted by atomic mass is 10.1. The molecule has 0 fully saturated rings. The third-order valence-corrected chi connectivity index (χ3v) is 3.70. The van der Waals surface area contributed by atoms with Gasteiger partial charge in [-0.1, -0.05) is 0 Å². The standard InChI is InChI=1S/C14H15N5O2/c1-8-5-10-11(6-9(8)2)19(7-15-10)12-13(20)17(3)14(21)18(4)16-12/h5-7H,1-4H3. The number of nitrogens with zero attached hydrogens (tertiary/aromatic N) is 5. The zero-order chi connectivity index (χ0) is 15.3. The van der Waals surface area contributed by atoms with Crippen molar-refractivity contribution in [2.24, 2.45) is 14.1 Å². The molecule has 3 rings (SSSR count). The Bertz CT molecular complexity index is 977. The molecule has 7 heteroatoms.